The first kappa shape index (κ1) is 15.7. The molecule has 18 heavy (non-hydrogen) atoms. The van der Waals surface area contributed by atoms with Crippen LogP contribution in [0.4, 0.5) is 0 Å². The molecule has 0 bridgehead atoms. The van der Waals surface area contributed by atoms with Crippen molar-refractivity contribution in [2.45, 2.75) is 57.1 Å². The van der Waals surface area contributed by atoms with E-state index in [0.29, 0.717) is 6.10 Å². The van der Waals surface area contributed by atoms with Crippen molar-refractivity contribution in [3.8, 4) is 0 Å². The van der Waals surface area contributed by atoms with E-state index in [2.05, 4.69) is 24.3 Å². The van der Waals surface area contributed by atoms with E-state index in [1.54, 1.807) is 0 Å². The van der Waals surface area contributed by atoms with E-state index in [1.807, 2.05) is 6.08 Å². The molecule has 0 unspecified atom stereocenters. The van der Waals surface area contributed by atoms with Gasteiger partial charge in [0.25, 0.3) is 0 Å². The zero-order valence-corrected chi connectivity index (χ0v) is 11.9. The number of hydrogen-bond acceptors (Lipinski definition) is 3. The topological polar surface area (TPSA) is 33.3 Å². The van der Waals surface area contributed by atoms with E-state index in [0.717, 1.165) is 32.2 Å². The zero-order valence-electron chi connectivity index (χ0n) is 11.9. The molecule has 0 aromatic rings. The molecule has 0 heterocycles. The molecule has 1 rings (SSSR count). The van der Waals surface area contributed by atoms with Gasteiger partial charge >= 0.3 is 0 Å². The average Bonchev–Trinajstić information content (AvgIpc) is 2.42. The van der Waals surface area contributed by atoms with Crippen LogP contribution >= 0.6 is 0 Å². The van der Waals surface area contributed by atoms with Gasteiger partial charge < -0.3 is 15.4 Å². The highest BCUT2D eigenvalue weighted by atomic mass is 16.5. The molecule has 3 nitrogen and oxygen atoms in total. The van der Waals surface area contributed by atoms with Crippen molar-refractivity contribution in [3.05, 3.63) is 12.7 Å². The van der Waals surface area contributed by atoms with Crippen LogP contribution in [0.2, 0.25) is 0 Å². The Bertz CT molecular complexity index is 201. The van der Waals surface area contributed by atoms with Gasteiger partial charge in [0.1, 0.15) is 0 Å². The highest BCUT2D eigenvalue weighted by molar-refractivity contribution is 4.76. The molecule has 2 N–H and O–H groups in total. The molecule has 1 aliphatic rings. The first-order chi connectivity index (χ1) is 8.86. The van der Waals surface area contributed by atoms with E-state index in [-0.39, 0.29) is 0 Å². The lowest BCUT2D eigenvalue weighted by Gasteiger charge is -2.28. The first-order valence-corrected chi connectivity index (χ1v) is 7.47. The zero-order chi connectivity index (χ0) is 13.1. The largest absolute Gasteiger partial charge is 0.378 e. The summed E-state index contributed by atoms with van der Waals surface area (Å²) in [5, 5.41) is 6.76. The number of nitrogens with one attached hydrogen (secondary N) is 2. The van der Waals surface area contributed by atoms with Crippen LogP contribution in [-0.4, -0.2) is 38.9 Å². The van der Waals surface area contributed by atoms with Gasteiger partial charge in [-0.25, -0.2) is 0 Å². The molecule has 0 aliphatic heterocycles. The summed E-state index contributed by atoms with van der Waals surface area (Å²) < 4.78 is 5.93. The van der Waals surface area contributed by atoms with Gasteiger partial charge in [0, 0.05) is 12.6 Å². The molecular weight excluding hydrogens is 224 g/mol. The van der Waals surface area contributed by atoms with Gasteiger partial charge in [-0.05, 0) is 65.1 Å². The summed E-state index contributed by atoms with van der Waals surface area (Å²) in [5.41, 5.74) is 0. The lowest BCUT2D eigenvalue weighted by Crippen LogP contribution is -2.33. The highest BCUT2D eigenvalue weighted by Gasteiger charge is 2.19. The van der Waals surface area contributed by atoms with Crippen LogP contribution in [0.1, 0.15) is 44.9 Å². The average molecular weight is 254 g/mol. The molecule has 106 valence electrons. The van der Waals surface area contributed by atoms with Crippen molar-refractivity contribution in [2.75, 3.05) is 26.7 Å². The number of rotatable bonds is 10. The standard InChI is InChI=1S/C15H30N2O/c1-3-4-11-17-12-5-6-13-18-15-9-7-14(16-2)8-10-15/h3,14-17H,1,4-13H2,2H3/t14-,15-. The number of ether oxygens (including phenoxy) is 1. The summed E-state index contributed by atoms with van der Waals surface area (Å²) in [7, 11) is 2.06. The molecule has 0 aromatic carbocycles. The van der Waals surface area contributed by atoms with Crippen LogP contribution < -0.4 is 10.6 Å². The molecule has 0 saturated heterocycles. The van der Waals surface area contributed by atoms with Gasteiger partial charge in [0.2, 0.25) is 0 Å². The fraction of sp³-hybridized carbons (Fsp3) is 0.867. The predicted molar refractivity (Wildman–Crippen MR) is 78.0 cm³/mol. The maximum atomic E-state index is 5.93. The van der Waals surface area contributed by atoms with Crippen molar-refractivity contribution in [1.29, 1.82) is 0 Å². The maximum absolute atomic E-state index is 5.93. The fourth-order valence-electron chi connectivity index (χ4n) is 2.45. The van der Waals surface area contributed by atoms with Crippen molar-refractivity contribution < 1.29 is 4.74 Å². The van der Waals surface area contributed by atoms with Crippen molar-refractivity contribution in [3.63, 3.8) is 0 Å². The summed E-state index contributed by atoms with van der Waals surface area (Å²) >= 11 is 0. The first-order valence-electron chi connectivity index (χ1n) is 7.47. The molecule has 0 radical (unpaired) electrons. The van der Waals surface area contributed by atoms with E-state index < -0.39 is 0 Å². The summed E-state index contributed by atoms with van der Waals surface area (Å²) in [4.78, 5) is 0. The minimum absolute atomic E-state index is 0.517. The highest BCUT2D eigenvalue weighted by Crippen LogP contribution is 2.21. The fourth-order valence-corrected chi connectivity index (χ4v) is 2.45. The van der Waals surface area contributed by atoms with Gasteiger partial charge in [-0.3, -0.25) is 0 Å². The quantitative estimate of drug-likeness (QED) is 0.464. The van der Waals surface area contributed by atoms with E-state index >= 15 is 0 Å². The Morgan fingerprint density at radius 1 is 1.17 bits per heavy atom. The van der Waals surface area contributed by atoms with Gasteiger partial charge in [-0.1, -0.05) is 6.08 Å². The van der Waals surface area contributed by atoms with Gasteiger partial charge in [0.05, 0.1) is 6.10 Å². The molecule has 0 aromatic heterocycles. The van der Waals surface area contributed by atoms with Crippen LogP contribution in [0.15, 0.2) is 12.7 Å². The van der Waals surface area contributed by atoms with Gasteiger partial charge in [-0.2, -0.15) is 0 Å². The van der Waals surface area contributed by atoms with E-state index in [1.165, 1.54) is 38.5 Å². The molecule has 1 fully saturated rings. The monoisotopic (exact) mass is 254 g/mol. The van der Waals surface area contributed by atoms with E-state index in [9.17, 15) is 0 Å². The number of unbranched alkanes of at least 4 members (excludes halogenated alkanes) is 1. The second kappa shape index (κ2) is 10.5. The Morgan fingerprint density at radius 3 is 2.61 bits per heavy atom. The second-order valence-corrected chi connectivity index (χ2v) is 5.17. The Morgan fingerprint density at radius 2 is 1.94 bits per heavy atom. The number of hydrogen-bond donors (Lipinski definition) is 2. The summed E-state index contributed by atoms with van der Waals surface area (Å²) in [5.74, 6) is 0. The Labute approximate surface area is 112 Å². The smallest absolute Gasteiger partial charge is 0.0576 e. The minimum Gasteiger partial charge on any atom is -0.378 e. The third-order valence-corrected chi connectivity index (χ3v) is 3.71. The maximum Gasteiger partial charge on any atom is 0.0576 e. The lowest BCUT2D eigenvalue weighted by atomic mass is 9.93. The summed E-state index contributed by atoms with van der Waals surface area (Å²) in [6.45, 7) is 6.79. The normalized spacial score (nSPS) is 24.1. The lowest BCUT2D eigenvalue weighted by molar-refractivity contribution is 0.0213. The van der Waals surface area contributed by atoms with Crippen LogP contribution in [0, 0.1) is 0 Å². The van der Waals surface area contributed by atoms with Gasteiger partial charge in [0.15, 0.2) is 0 Å². The third-order valence-electron chi connectivity index (χ3n) is 3.71. The Hall–Kier alpha value is -0.380. The van der Waals surface area contributed by atoms with Crippen LogP contribution in [0.3, 0.4) is 0 Å². The molecule has 3 heteroatoms. The van der Waals surface area contributed by atoms with Crippen LogP contribution in [0.5, 0.6) is 0 Å². The van der Waals surface area contributed by atoms with Crippen LogP contribution in [0.25, 0.3) is 0 Å². The SMILES string of the molecule is C=CCCNCCCCO[C@H]1CC[C@H](NC)CC1. The Balaban J connectivity index is 1.85. The van der Waals surface area contributed by atoms with Crippen molar-refractivity contribution in [2.24, 2.45) is 0 Å². The minimum atomic E-state index is 0.517. The van der Waals surface area contributed by atoms with Crippen LogP contribution in [-0.2, 0) is 4.74 Å². The molecule has 1 aliphatic carbocycles. The predicted octanol–water partition coefficient (Wildman–Crippen LogP) is 2.48. The van der Waals surface area contributed by atoms with Crippen molar-refractivity contribution in [1.82, 2.24) is 10.6 Å². The van der Waals surface area contributed by atoms with E-state index in [4.69, 9.17) is 4.74 Å². The van der Waals surface area contributed by atoms with Crippen molar-refractivity contribution >= 4 is 0 Å². The molecule has 0 atom stereocenters. The summed E-state index contributed by atoms with van der Waals surface area (Å²) in [6.07, 6.45) is 10.9. The molecule has 0 amide bonds. The molecular formula is C15H30N2O. The molecule has 0 spiro atoms. The van der Waals surface area contributed by atoms with Gasteiger partial charge in [-0.15, -0.1) is 6.58 Å². The third kappa shape index (κ3) is 7.14. The second-order valence-electron chi connectivity index (χ2n) is 5.17. The summed E-state index contributed by atoms with van der Waals surface area (Å²) in [6, 6.07) is 0.721. The Kier molecular flexibility index (Phi) is 9.17. The molecule has 1 saturated carbocycles.